The van der Waals surface area contributed by atoms with Crippen molar-refractivity contribution in [3.05, 3.63) is 5.82 Å². The molecule has 2 heterocycles. The molecule has 78 valence electrons. The van der Waals surface area contributed by atoms with Gasteiger partial charge in [0.05, 0.1) is 19.1 Å². The summed E-state index contributed by atoms with van der Waals surface area (Å²) in [6.45, 7) is 4.39. The largest absolute Gasteiger partial charge is 0.379 e. The molecule has 4 N–H and O–H groups in total. The highest BCUT2D eigenvalue weighted by molar-refractivity contribution is 5.16. The summed E-state index contributed by atoms with van der Waals surface area (Å²) in [7, 11) is 0. The smallest absolute Gasteiger partial charge is 0.239 e. The zero-order valence-electron chi connectivity index (χ0n) is 8.16. The summed E-state index contributed by atoms with van der Waals surface area (Å²) in [6.07, 6.45) is 0. The highest BCUT2D eigenvalue weighted by Gasteiger charge is 2.31. The molecule has 2 unspecified atom stereocenters. The van der Waals surface area contributed by atoms with Crippen molar-refractivity contribution in [1.82, 2.24) is 20.5 Å². The number of aromatic amines is 1. The minimum absolute atomic E-state index is 0.236. The standard InChI is InChI=1S/C8H15N5O/c1-2-10-6-4-14-3-5(6)7-11-8(9)13-12-7/h5-6,10H,2-4H2,1H3,(H3,9,11,12,13). The van der Waals surface area contributed by atoms with E-state index in [1.54, 1.807) is 0 Å². The molecule has 0 bridgehead atoms. The fourth-order valence-corrected chi connectivity index (χ4v) is 1.74. The van der Waals surface area contributed by atoms with Crippen LogP contribution in [0.25, 0.3) is 0 Å². The first-order valence-electron chi connectivity index (χ1n) is 4.80. The monoisotopic (exact) mass is 197 g/mol. The molecule has 0 saturated carbocycles. The molecule has 0 spiro atoms. The average molecular weight is 197 g/mol. The Morgan fingerprint density at radius 1 is 1.64 bits per heavy atom. The van der Waals surface area contributed by atoms with Gasteiger partial charge in [0.25, 0.3) is 0 Å². The maximum Gasteiger partial charge on any atom is 0.239 e. The minimum Gasteiger partial charge on any atom is -0.379 e. The van der Waals surface area contributed by atoms with Gasteiger partial charge in [0, 0.05) is 6.04 Å². The van der Waals surface area contributed by atoms with Crippen LogP contribution < -0.4 is 11.1 Å². The van der Waals surface area contributed by atoms with Crippen molar-refractivity contribution in [1.29, 1.82) is 0 Å². The van der Waals surface area contributed by atoms with E-state index in [1.807, 2.05) is 0 Å². The molecule has 1 saturated heterocycles. The molecular weight excluding hydrogens is 182 g/mol. The third-order valence-electron chi connectivity index (χ3n) is 2.42. The Hall–Kier alpha value is -1.14. The maximum absolute atomic E-state index is 5.45. The number of anilines is 1. The van der Waals surface area contributed by atoms with E-state index in [2.05, 4.69) is 27.4 Å². The first kappa shape index (κ1) is 9.42. The number of ether oxygens (including phenoxy) is 1. The normalized spacial score (nSPS) is 26.9. The van der Waals surface area contributed by atoms with Gasteiger partial charge in [-0.25, -0.2) is 0 Å². The predicted molar refractivity (Wildman–Crippen MR) is 51.8 cm³/mol. The van der Waals surface area contributed by atoms with Gasteiger partial charge in [0.1, 0.15) is 5.82 Å². The van der Waals surface area contributed by atoms with E-state index in [-0.39, 0.29) is 5.92 Å². The van der Waals surface area contributed by atoms with Crippen LogP contribution in [-0.4, -0.2) is 41.0 Å². The Bertz CT molecular complexity index is 300. The van der Waals surface area contributed by atoms with Crippen LogP contribution in [0.3, 0.4) is 0 Å². The van der Waals surface area contributed by atoms with Gasteiger partial charge in [-0.3, -0.25) is 5.10 Å². The van der Waals surface area contributed by atoms with Crippen LogP contribution in [0, 0.1) is 0 Å². The lowest BCUT2D eigenvalue weighted by Gasteiger charge is -2.15. The number of hydrogen-bond acceptors (Lipinski definition) is 5. The molecule has 1 aliphatic rings. The average Bonchev–Trinajstić information content (AvgIpc) is 2.74. The van der Waals surface area contributed by atoms with E-state index in [0.717, 1.165) is 19.0 Å². The molecule has 6 heteroatoms. The highest BCUT2D eigenvalue weighted by Crippen LogP contribution is 2.22. The molecule has 6 nitrogen and oxygen atoms in total. The van der Waals surface area contributed by atoms with Gasteiger partial charge in [-0.2, -0.15) is 4.98 Å². The molecule has 14 heavy (non-hydrogen) atoms. The maximum atomic E-state index is 5.45. The Morgan fingerprint density at radius 3 is 3.14 bits per heavy atom. The third kappa shape index (κ3) is 1.71. The van der Waals surface area contributed by atoms with Crippen molar-refractivity contribution in [2.24, 2.45) is 0 Å². The number of H-pyrrole nitrogens is 1. The second-order valence-electron chi connectivity index (χ2n) is 3.39. The first-order chi connectivity index (χ1) is 6.81. The van der Waals surface area contributed by atoms with Crippen LogP contribution in [0.4, 0.5) is 5.95 Å². The van der Waals surface area contributed by atoms with Gasteiger partial charge in [-0.05, 0) is 6.54 Å². The van der Waals surface area contributed by atoms with Gasteiger partial charge in [-0.1, -0.05) is 6.92 Å². The molecule has 1 aliphatic heterocycles. The highest BCUT2D eigenvalue weighted by atomic mass is 16.5. The lowest BCUT2D eigenvalue weighted by Crippen LogP contribution is -2.34. The number of nitrogens with zero attached hydrogens (tertiary/aromatic N) is 2. The third-order valence-corrected chi connectivity index (χ3v) is 2.42. The van der Waals surface area contributed by atoms with Crippen molar-refractivity contribution in [3.8, 4) is 0 Å². The summed E-state index contributed by atoms with van der Waals surface area (Å²) >= 11 is 0. The number of rotatable bonds is 3. The summed E-state index contributed by atoms with van der Waals surface area (Å²) in [5.41, 5.74) is 5.45. The number of aromatic nitrogens is 3. The first-order valence-corrected chi connectivity index (χ1v) is 4.80. The number of nitrogens with two attached hydrogens (primary N) is 1. The molecule has 0 aromatic carbocycles. The van der Waals surface area contributed by atoms with Crippen LogP contribution in [0.15, 0.2) is 0 Å². The molecule has 1 aromatic heterocycles. The Labute approximate surface area is 82.2 Å². The van der Waals surface area contributed by atoms with Gasteiger partial charge < -0.3 is 15.8 Å². The zero-order chi connectivity index (χ0) is 9.97. The fraction of sp³-hybridized carbons (Fsp3) is 0.750. The second-order valence-corrected chi connectivity index (χ2v) is 3.39. The van der Waals surface area contributed by atoms with E-state index in [0.29, 0.717) is 18.6 Å². The lowest BCUT2D eigenvalue weighted by atomic mass is 10.0. The summed E-state index contributed by atoms with van der Waals surface area (Å²) < 4.78 is 5.39. The quantitative estimate of drug-likeness (QED) is 0.606. The number of nitrogen functional groups attached to an aromatic ring is 1. The Balaban J connectivity index is 2.09. The Kier molecular flexibility index (Phi) is 2.64. The second kappa shape index (κ2) is 3.93. The molecule has 2 atom stereocenters. The summed E-state index contributed by atoms with van der Waals surface area (Å²) in [5, 5.41) is 9.99. The molecule has 2 rings (SSSR count). The van der Waals surface area contributed by atoms with Crippen LogP contribution in [-0.2, 0) is 4.74 Å². The van der Waals surface area contributed by atoms with Gasteiger partial charge in [-0.15, -0.1) is 5.10 Å². The van der Waals surface area contributed by atoms with Crippen LogP contribution in [0.2, 0.25) is 0 Å². The molecule has 1 aromatic rings. The summed E-state index contributed by atoms with van der Waals surface area (Å²) in [6, 6.07) is 0.312. The van der Waals surface area contributed by atoms with Crippen LogP contribution in [0.5, 0.6) is 0 Å². The molecule has 1 fully saturated rings. The van der Waals surface area contributed by atoms with E-state index in [9.17, 15) is 0 Å². The van der Waals surface area contributed by atoms with Crippen molar-refractivity contribution in [3.63, 3.8) is 0 Å². The zero-order valence-corrected chi connectivity index (χ0v) is 8.16. The molecule has 0 amide bonds. The van der Waals surface area contributed by atoms with Crippen molar-refractivity contribution in [2.75, 3.05) is 25.5 Å². The topological polar surface area (TPSA) is 88.8 Å². The Morgan fingerprint density at radius 2 is 2.50 bits per heavy atom. The summed E-state index contributed by atoms with van der Waals surface area (Å²) in [5.74, 6) is 1.34. The van der Waals surface area contributed by atoms with Gasteiger partial charge in [0.15, 0.2) is 0 Å². The van der Waals surface area contributed by atoms with E-state index < -0.39 is 0 Å². The van der Waals surface area contributed by atoms with Crippen molar-refractivity contribution >= 4 is 5.95 Å². The van der Waals surface area contributed by atoms with Crippen molar-refractivity contribution in [2.45, 2.75) is 18.9 Å². The number of hydrogen-bond donors (Lipinski definition) is 3. The fourth-order valence-electron chi connectivity index (χ4n) is 1.74. The summed E-state index contributed by atoms with van der Waals surface area (Å²) in [4.78, 5) is 4.12. The van der Waals surface area contributed by atoms with E-state index >= 15 is 0 Å². The van der Waals surface area contributed by atoms with Crippen LogP contribution in [0.1, 0.15) is 18.7 Å². The van der Waals surface area contributed by atoms with Gasteiger partial charge >= 0.3 is 0 Å². The predicted octanol–water partition coefficient (Wildman–Crippen LogP) is -0.521. The van der Waals surface area contributed by atoms with Crippen molar-refractivity contribution < 1.29 is 4.74 Å². The molecule has 0 aliphatic carbocycles. The molecule has 0 radical (unpaired) electrons. The van der Waals surface area contributed by atoms with E-state index in [1.165, 1.54) is 0 Å². The number of nitrogens with one attached hydrogen (secondary N) is 2. The number of likely N-dealkylation sites (N-methyl/N-ethyl adjacent to an activating group) is 1. The molecular formula is C8H15N5O. The van der Waals surface area contributed by atoms with Gasteiger partial charge in [0.2, 0.25) is 5.95 Å². The van der Waals surface area contributed by atoms with E-state index in [4.69, 9.17) is 10.5 Å². The lowest BCUT2D eigenvalue weighted by molar-refractivity contribution is 0.187. The SMILES string of the molecule is CCNC1COCC1c1nc(N)n[nH]1. The minimum atomic E-state index is 0.236. The van der Waals surface area contributed by atoms with Crippen LogP contribution >= 0.6 is 0 Å².